The minimum absolute atomic E-state index is 0.303. The van der Waals surface area contributed by atoms with Crippen molar-refractivity contribution in [3.63, 3.8) is 0 Å². The molecule has 0 N–H and O–H groups in total. The first kappa shape index (κ1) is 12.9. The predicted octanol–water partition coefficient (Wildman–Crippen LogP) is 2.64. The number of piperidine rings is 1. The van der Waals surface area contributed by atoms with Crippen molar-refractivity contribution in [3.8, 4) is 0 Å². The van der Waals surface area contributed by atoms with Gasteiger partial charge in [-0.25, -0.2) is 9.78 Å². The monoisotopic (exact) mass is 248 g/mol. The van der Waals surface area contributed by atoms with Crippen LogP contribution < -0.4 is 4.90 Å². The Morgan fingerprint density at radius 2 is 2.33 bits per heavy atom. The zero-order valence-electron chi connectivity index (χ0n) is 11.1. The average molecular weight is 248 g/mol. The van der Waals surface area contributed by atoms with Gasteiger partial charge in [0.1, 0.15) is 5.82 Å². The first-order valence-electron chi connectivity index (χ1n) is 6.62. The molecule has 18 heavy (non-hydrogen) atoms. The van der Waals surface area contributed by atoms with E-state index in [9.17, 15) is 4.79 Å². The van der Waals surface area contributed by atoms with E-state index in [1.165, 1.54) is 19.3 Å². The Labute approximate surface area is 108 Å². The fourth-order valence-electron chi connectivity index (χ4n) is 2.33. The highest BCUT2D eigenvalue weighted by Crippen LogP contribution is 2.22. The number of rotatable bonds is 3. The second-order valence-corrected chi connectivity index (χ2v) is 4.66. The summed E-state index contributed by atoms with van der Waals surface area (Å²) in [5.74, 6) is 0.651. The van der Waals surface area contributed by atoms with Crippen LogP contribution in [0.4, 0.5) is 5.82 Å². The van der Waals surface area contributed by atoms with E-state index >= 15 is 0 Å². The van der Waals surface area contributed by atoms with Gasteiger partial charge in [-0.3, -0.25) is 0 Å². The van der Waals surface area contributed by atoms with Gasteiger partial charge >= 0.3 is 5.97 Å². The maximum atomic E-state index is 11.5. The lowest BCUT2D eigenvalue weighted by molar-refractivity contribution is 0.0526. The number of esters is 1. The van der Waals surface area contributed by atoms with E-state index in [1.807, 2.05) is 6.07 Å². The molecule has 2 rings (SSSR count). The smallest absolute Gasteiger partial charge is 0.339 e. The maximum Gasteiger partial charge on any atom is 0.339 e. The maximum absolute atomic E-state index is 11.5. The van der Waals surface area contributed by atoms with Crippen LogP contribution in [-0.4, -0.2) is 30.1 Å². The fourth-order valence-corrected chi connectivity index (χ4v) is 2.33. The van der Waals surface area contributed by atoms with Gasteiger partial charge in [-0.05, 0) is 45.2 Å². The van der Waals surface area contributed by atoms with E-state index in [2.05, 4.69) is 16.8 Å². The van der Waals surface area contributed by atoms with Crippen molar-refractivity contribution in [2.24, 2.45) is 0 Å². The van der Waals surface area contributed by atoms with E-state index in [-0.39, 0.29) is 5.97 Å². The number of carbonyl (C=O) groups excluding carboxylic acids is 1. The number of anilines is 1. The van der Waals surface area contributed by atoms with E-state index in [1.54, 1.807) is 19.2 Å². The SMILES string of the molecule is CCOC(=O)c1ccc(N2CCCCC2C)nc1. The second kappa shape index (κ2) is 5.85. The Bertz CT molecular complexity index is 403. The Morgan fingerprint density at radius 1 is 1.50 bits per heavy atom. The van der Waals surface area contributed by atoms with Crippen molar-refractivity contribution >= 4 is 11.8 Å². The molecule has 0 spiro atoms. The van der Waals surface area contributed by atoms with Gasteiger partial charge < -0.3 is 9.64 Å². The highest BCUT2D eigenvalue weighted by Gasteiger charge is 2.19. The van der Waals surface area contributed by atoms with Crippen LogP contribution in [0.3, 0.4) is 0 Å². The molecule has 1 aromatic rings. The lowest BCUT2D eigenvalue weighted by Crippen LogP contribution is -2.37. The van der Waals surface area contributed by atoms with Gasteiger partial charge in [0.15, 0.2) is 0 Å². The molecule has 0 radical (unpaired) electrons. The summed E-state index contributed by atoms with van der Waals surface area (Å²) < 4.78 is 4.94. The summed E-state index contributed by atoms with van der Waals surface area (Å²) >= 11 is 0. The van der Waals surface area contributed by atoms with Crippen LogP contribution in [0.15, 0.2) is 18.3 Å². The molecular weight excluding hydrogens is 228 g/mol. The summed E-state index contributed by atoms with van der Waals surface area (Å²) in [5.41, 5.74) is 0.519. The number of hydrogen-bond donors (Lipinski definition) is 0. The van der Waals surface area contributed by atoms with E-state index in [0.717, 1.165) is 12.4 Å². The predicted molar refractivity (Wildman–Crippen MR) is 70.9 cm³/mol. The van der Waals surface area contributed by atoms with Crippen molar-refractivity contribution in [2.75, 3.05) is 18.1 Å². The van der Waals surface area contributed by atoms with Gasteiger partial charge in [0.25, 0.3) is 0 Å². The molecule has 1 saturated heterocycles. The van der Waals surface area contributed by atoms with Gasteiger partial charge in [0.05, 0.1) is 12.2 Å². The Kier molecular flexibility index (Phi) is 4.18. The van der Waals surface area contributed by atoms with Crippen molar-refractivity contribution in [1.29, 1.82) is 0 Å². The standard InChI is InChI=1S/C14H20N2O2/c1-3-18-14(17)12-7-8-13(15-10-12)16-9-5-4-6-11(16)2/h7-8,10-11H,3-6,9H2,1-2H3. The first-order valence-corrected chi connectivity index (χ1v) is 6.62. The molecule has 1 aliphatic rings. The third-order valence-electron chi connectivity index (χ3n) is 3.36. The number of nitrogens with zero attached hydrogens (tertiary/aromatic N) is 2. The highest BCUT2D eigenvalue weighted by atomic mass is 16.5. The van der Waals surface area contributed by atoms with Crippen LogP contribution in [0, 0.1) is 0 Å². The zero-order valence-corrected chi connectivity index (χ0v) is 11.1. The molecule has 1 fully saturated rings. The summed E-state index contributed by atoms with van der Waals surface area (Å²) in [6.45, 7) is 5.46. The summed E-state index contributed by atoms with van der Waals surface area (Å²) in [6, 6.07) is 4.23. The van der Waals surface area contributed by atoms with Crippen molar-refractivity contribution in [1.82, 2.24) is 4.98 Å². The lowest BCUT2D eigenvalue weighted by atomic mass is 10.0. The molecule has 2 heterocycles. The fraction of sp³-hybridized carbons (Fsp3) is 0.571. The molecule has 4 heteroatoms. The summed E-state index contributed by atoms with van der Waals surface area (Å²) in [4.78, 5) is 18.2. The van der Waals surface area contributed by atoms with E-state index in [4.69, 9.17) is 4.74 Å². The van der Waals surface area contributed by atoms with Crippen LogP contribution in [-0.2, 0) is 4.74 Å². The second-order valence-electron chi connectivity index (χ2n) is 4.66. The van der Waals surface area contributed by atoms with E-state index < -0.39 is 0 Å². The third-order valence-corrected chi connectivity index (χ3v) is 3.36. The number of ether oxygens (including phenoxy) is 1. The van der Waals surface area contributed by atoms with Crippen LogP contribution in [0.2, 0.25) is 0 Å². The number of hydrogen-bond acceptors (Lipinski definition) is 4. The molecule has 1 aromatic heterocycles. The van der Waals surface area contributed by atoms with Crippen molar-refractivity contribution < 1.29 is 9.53 Å². The van der Waals surface area contributed by atoms with Crippen LogP contribution in [0.5, 0.6) is 0 Å². The van der Waals surface area contributed by atoms with Gasteiger partial charge in [0.2, 0.25) is 0 Å². The zero-order chi connectivity index (χ0) is 13.0. The Balaban J connectivity index is 2.09. The van der Waals surface area contributed by atoms with Gasteiger partial charge in [-0.15, -0.1) is 0 Å². The third kappa shape index (κ3) is 2.81. The minimum Gasteiger partial charge on any atom is -0.462 e. The molecule has 0 amide bonds. The van der Waals surface area contributed by atoms with Gasteiger partial charge in [0, 0.05) is 18.8 Å². The molecule has 1 aliphatic heterocycles. The minimum atomic E-state index is -0.303. The molecule has 98 valence electrons. The quantitative estimate of drug-likeness (QED) is 0.771. The lowest BCUT2D eigenvalue weighted by Gasteiger charge is -2.34. The number of pyridine rings is 1. The summed E-state index contributed by atoms with van der Waals surface area (Å²) in [6.07, 6.45) is 5.32. The normalized spacial score (nSPS) is 19.7. The topological polar surface area (TPSA) is 42.4 Å². The molecule has 1 unspecified atom stereocenters. The molecule has 0 aromatic carbocycles. The first-order chi connectivity index (χ1) is 8.72. The Hall–Kier alpha value is -1.58. The molecule has 4 nitrogen and oxygen atoms in total. The largest absolute Gasteiger partial charge is 0.462 e. The van der Waals surface area contributed by atoms with Crippen molar-refractivity contribution in [2.45, 2.75) is 39.2 Å². The summed E-state index contributed by atoms with van der Waals surface area (Å²) in [7, 11) is 0. The van der Waals surface area contributed by atoms with Gasteiger partial charge in [-0.2, -0.15) is 0 Å². The van der Waals surface area contributed by atoms with E-state index in [0.29, 0.717) is 18.2 Å². The number of carbonyl (C=O) groups is 1. The van der Waals surface area contributed by atoms with Crippen molar-refractivity contribution in [3.05, 3.63) is 23.9 Å². The number of aromatic nitrogens is 1. The summed E-state index contributed by atoms with van der Waals surface area (Å²) in [5, 5.41) is 0. The van der Waals surface area contributed by atoms with Crippen LogP contribution in [0.1, 0.15) is 43.5 Å². The molecular formula is C14H20N2O2. The molecule has 0 saturated carbocycles. The molecule has 0 aliphatic carbocycles. The molecule has 1 atom stereocenters. The van der Waals surface area contributed by atoms with Crippen LogP contribution in [0.25, 0.3) is 0 Å². The van der Waals surface area contributed by atoms with Crippen LogP contribution >= 0.6 is 0 Å². The Morgan fingerprint density at radius 3 is 2.94 bits per heavy atom. The average Bonchev–Trinajstić information content (AvgIpc) is 2.40. The van der Waals surface area contributed by atoms with Gasteiger partial charge in [-0.1, -0.05) is 0 Å². The molecule has 0 bridgehead atoms. The highest BCUT2D eigenvalue weighted by molar-refractivity contribution is 5.89.